The Balaban J connectivity index is 2.18. The smallest absolute Gasteiger partial charge is 0.128 e. The first-order valence-corrected chi connectivity index (χ1v) is 6.07. The molecule has 3 heteroatoms. The largest absolute Gasteiger partial charge is 0.466 e. The van der Waals surface area contributed by atoms with Gasteiger partial charge < -0.3 is 9.73 Å². The molecule has 1 aromatic carbocycles. The van der Waals surface area contributed by atoms with Gasteiger partial charge >= 0.3 is 0 Å². The quantitative estimate of drug-likeness (QED) is 0.862. The van der Waals surface area contributed by atoms with Crippen molar-refractivity contribution in [3.63, 3.8) is 0 Å². The number of anilines is 1. The highest BCUT2D eigenvalue weighted by atomic mass is 19.1. The third-order valence-electron chi connectivity index (χ3n) is 3.10. The van der Waals surface area contributed by atoms with Gasteiger partial charge in [-0.15, -0.1) is 0 Å². The zero-order valence-corrected chi connectivity index (χ0v) is 11.2. The van der Waals surface area contributed by atoms with E-state index in [0.29, 0.717) is 5.56 Å². The lowest BCUT2D eigenvalue weighted by Gasteiger charge is -2.15. The first-order valence-electron chi connectivity index (χ1n) is 6.07. The molecule has 0 saturated heterocycles. The molecule has 0 spiro atoms. The van der Waals surface area contributed by atoms with E-state index in [9.17, 15) is 4.39 Å². The topological polar surface area (TPSA) is 25.2 Å². The number of rotatable bonds is 3. The maximum Gasteiger partial charge on any atom is 0.128 e. The summed E-state index contributed by atoms with van der Waals surface area (Å²) in [5, 5.41) is 3.28. The van der Waals surface area contributed by atoms with Gasteiger partial charge in [0.2, 0.25) is 0 Å². The summed E-state index contributed by atoms with van der Waals surface area (Å²) in [5.74, 6) is 1.61. The summed E-state index contributed by atoms with van der Waals surface area (Å²) in [6.45, 7) is 7.66. The molecule has 0 aliphatic carbocycles. The van der Waals surface area contributed by atoms with Crippen LogP contribution in [0.15, 0.2) is 28.7 Å². The van der Waals surface area contributed by atoms with Crippen molar-refractivity contribution in [2.24, 2.45) is 0 Å². The summed E-state index contributed by atoms with van der Waals surface area (Å²) in [5.41, 5.74) is 2.54. The molecule has 0 aliphatic rings. The Labute approximate surface area is 107 Å². The van der Waals surface area contributed by atoms with Gasteiger partial charge in [0, 0.05) is 11.3 Å². The zero-order chi connectivity index (χ0) is 13.3. The average molecular weight is 247 g/mol. The lowest BCUT2D eigenvalue weighted by atomic mass is 10.1. The summed E-state index contributed by atoms with van der Waals surface area (Å²) in [6, 6.07) is 7.28. The van der Waals surface area contributed by atoms with Crippen molar-refractivity contribution in [2.45, 2.75) is 33.7 Å². The molecule has 1 N–H and O–H groups in total. The molecule has 2 nitrogen and oxygen atoms in total. The van der Waals surface area contributed by atoms with Crippen molar-refractivity contribution in [3.05, 3.63) is 52.7 Å². The van der Waals surface area contributed by atoms with Crippen molar-refractivity contribution in [2.75, 3.05) is 5.32 Å². The Hall–Kier alpha value is -1.77. The van der Waals surface area contributed by atoms with Gasteiger partial charge in [0.05, 0.1) is 6.04 Å². The van der Waals surface area contributed by atoms with E-state index < -0.39 is 0 Å². The van der Waals surface area contributed by atoms with Crippen molar-refractivity contribution < 1.29 is 8.81 Å². The highest BCUT2D eigenvalue weighted by Crippen LogP contribution is 2.25. The van der Waals surface area contributed by atoms with E-state index in [1.807, 2.05) is 32.9 Å². The van der Waals surface area contributed by atoms with Crippen LogP contribution in [0.4, 0.5) is 10.1 Å². The van der Waals surface area contributed by atoms with Crippen LogP contribution in [-0.2, 0) is 0 Å². The molecule has 18 heavy (non-hydrogen) atoms. The highest BCUT2D eigenvalue weighted by molar-refractivity contribution is 5.47. The fourth-order valence-electron chi connectivity index (χ4n) is 2.09. The van der Waals surface area contributed by atoms with Crippen LogP contribution in [-0.4, -0.2) is 0 Å². The SMILES string of the molecule is Cc1cc(C(C)Nc2ccc(C)c(F)c2)c(C)o1. The van der Waals surface area contributed by atoms with Crippen LogP contribution in [0, 0.1) is 26.6 Å². The summed E-state index contributed by atoms with van der Waals surface area (Å²) in [4.78, 5) is 0. The van der Waals surface area contributed by atoms with Crippen LogP contribution in [0.5, 0.6) is 0 Å². The predicted molar refractivity (Wildman–Crippen MR) is 71.4 cm³/mol. The Morgan fingerprint density at radius 2 is 1.89 bits per heavy atom. The molecule has 0 aliphatic heterocycles. The van der Waals surface area contributed by atoms with Crippen molar-refractivity contribution in [1.29, 1.82) is 0 Å². The van der Waals surface area contributed by atoms with Crippen LogP contribution >= 0.6 is 0 Å². The van der Waals surface area contributed by atoms with Gasteiger partial charge in [-0.25, -0.2) is 4.39 Å². The molecule has 1 aromatic heterocycles. The van der Waals surface area contributed by atoms with Crippen LogP contribution in [0.1, 0.15) is 35.6 Å². The molecule has 96 valence electrons. The Morgan fingerprint density at radius 3 is 2.44 bits per heavy atom. The van der Waals surface area contributed by atoms with Gasteiger partial charge in [-0.2, -0.15) is 0 Å². The van der Waals surface area contributed by atoms with Crippen molar-refractivity contribution in [1.82, 2.24) is 0 Å². The Kier molecular flexibility index (Phi) is 3.41. The lowest BCUT2D eigenvalue weighted by molar-refractivity contribution is 0.500. The molecule has 1 unspecified atom stereocenters. The Bertz CT molecular complexity index is 560. The molecule has 1 atom stereocenters. The zero-order valence-electron chi connectivity index (χ0n) is 11.2. The fourth-order valence-corrected chi connectivity index (χ4v) is 2.09. The second-order valence-electron chi connectivity index (χ2n) is 4.70. The molecular weight excluding hydrogens is 229 g/mol. The minimum absolute atomic E-state index is 0.0876. The normalized spacial score (nSPS) is 12.5. The number of benzene rings is 1. The lowest BCUT2D eigenvalue weighted by Crippen LogP contribution is -2.07. The van der Waals surface area contributed by atoms with E-state index in [0.717, 1.165) is 22.8 Å². The molecule has 0 radical (unpaired) electrons. The highest BCUT2D eigenvalue weighted by Gasteiger charge is 2.12. The summed E-state index contributed by atoms with van der Waals surface area (Å²) < 4.78 is 19.0. The van der Waals surface area contributed by atoms with Gasteiger partial charge in [0.1, 0.15) is 17.3 Å². The molecule has 1 heterocycles. The summed E-state index contributed by atoms with van der Waals surface area (Å²) >= 11 is 0. The van der Waals surface area contributed by atoms with Gasteiger partial charge in [-0.1, -0.05) is 6.07 Å². The average Bonchev–Trinajstić information content (AvgIpc) is 2.63. The molecule has 0 bridgehead atoms. The second-order valence-corrected chi connectivity index (χ2v) is 4.70. The molecule has 0 amide bonds. The monoisotopic (exact) mass is 247 g/mol. The van der Waals surface area contributed by atoms with Crippen molar-refractivity contribution in [3.8, 4) is 0 Å². The predicted octanol–water partition coefficient (Wildman–Crippen LogP) is 4.52. The van der Waals surface area contributed by atoms with Gasteiger partial charge in [-0.05, 0) is 51.5 Å². The molecule has 2 aromatic rings. The van der Waals surface area contributed by atoms with Gasteiger partial charge in [0.25, 0.3) is 0 Å². The minimum Gasteiger partial charge on any atom is -0.466 e. The van der Waals surface area contributed by atoms with E-state index in [1.165, 1.54) is 6.07 Å². The molecule has 0 saturated carbocycles. The van der Waals surface area contributed by atoms with Gasteiger partial charge in [-0.3, -0.25) is 0 Å². The maximum absolute atomic E-state index is 13.5. The van der Waals surface area contributed by atoms with Crippen LogP contribution < -0.4 is 5.32 Å². The van der Waals surface area contributed by atoms with E-state index in [2.05, 4.69) is 5.32 Å². The summed E-state index contributed by atoms with van der Waals surface area (Å²) in [6.07, 6.45) is 0. The first-order chi connectivity index (χ1) is 8.47. The number of nitrogens with one attached hydrogen (secondary N) is 1. The van der Waals surface area contributed by atoms with Crippen LogP contribution in [0.3, 0.4) is 0 Å². The van der Waals surface area contributed by atoms with Gasteiger partial charge in [0.15, 0.2) is 0 Å². The summed E-state index contributed by atoms with van der Waals surface area (Å²) in [7, 11) is 0. The third kappa shape index (κ3) is 2.55. The van der Waals surface area contributed by atoms with Crippen LogP contribution in [0.25, 0.3) is 0 Å². The first kappa shape index (κ1) is 12.7. The number of hydrogen-bond acceptors (Lipinski definition) is 2. The number of furan rings is 1. The minimum atomic E-state index is -0.188. The van der Waals surface area contributed by atoms with E-state index in [-0.39, 0.29) is 11.9 Å². The fraction of sp³-hybridized carbons (Fsp3) is 0.333. The third-order valence-corrected chi connectivity index (χ3v) is 3.10. The van der Waals surface area contributed by atoms with E-state index >= 15 is 0 Å². The maximum atomic E-state index is 13.5. The Morgan fingerprint density at radius 1 is 1.17 bits per heavy atom. The standard InChI is InChI=1S/C15H18FNO/c1-9-5-6-13(8-15(9)16)17-11(3)14-7-10(2)18-12(14)4/h5-8,11,17H,1-4H3. The number of aryl methyl sites for hydroxylation is 3. The molecule has 0 fully saturated rings. The second kappa shape index (κ2) is 4.84. The number of hydrogen-bond donors (Lipinski definition) is 1. The van der Waals surface area contributed by atoms with E-state index in [4.69, 9.17) is 4.42 Å². The molecular formula is C15H18FNO. The van der Waals surface area contributed by atoms with Crippen LogP contribution in [0.2, 0.25) is 0 Å². The van der Waals surface area contributed by atoms with E-state index in [1.54, 1.807) is 13.0 Å². The molecule has 2 rings (SSSR count). The van der Waals surface area contributed by atoms with Crippen molar-refractivity contribution >= 4 is 5.69 Å². The number of halogens is 1.